The molecule has 1 amide bonds. The Morgan fingerprint density at radius 2 is 2.18 bits per heavy atom. The summed E-state index contributed by atoms with van der Waals surface area (Å²) in [5.41, 5.74) is 8.77. The summed E-state index contributed by atoms with van der Waals surface area (Å²) in [4.78, 5) is 11.4. The number of aromatic nitrogens is 2. The average Bonchev–Trinajstić information content (AvgIpc) is 2.77. The van der Waals surface area contributed by atoms with Crippen molar-refractivity contribution in [3.05, 3.63) is 41.7 Å². The van der Waals surface area contributed by atoms with Crippen LogP contribution in [0, 0.1) is 6.92 Å². The molecule has 5 heteroatoms. The Hall–Kier alpha value is -2.30. The third kappa shape index (κ3) is 2.13. The van der Waals surface area contributed by atoms with Crippen LogP contribution >= 0.6 is 0 Å². The molecule has 0 aliphatic carbocycles. The molecule has 0 radical (unpaired) electrons. The molecule has 1 heterocycles. The molecule has 2 rings (SSSR count). The van der Waals surface area contributed by atoms with Crippen LogP contribution in [0.1, 0.15) is 16.1 Å². The fourth-order valence-corrected chi connectivity index (χ4v) is 1.59. The van der Waals surface area contributed by atoms with Gasteiger partial charge in [-0.15, -0.1) is 0 Å². The van der Waals surface area contributed by atoms with Gasteiger partial charge in [0.25, 0.3) is 5.91 Å². The van der Waals surface area contributed by atoms with Gasteiger partial charge in [-0.25, -0.2) is 4.68 Å². The quantitative estimate of drug-likeness (QED) is 0.759. The van der Waals surface area contributed by atoms with Crippen LogP contribution in [0.3, 0.4) is 0 Å². The van der Waals surface area contributed by atoms with E-state index in [4.69, 9.17) is 5.73 Å². The molecule has 5 nitrogen and oxygen atoms in total. The van der Waals surface area contributed by atoms with E-state index in [2.05, 4.69) is 10.4 Å². The molecular formula is C12H14N4O. The highest BCUT2D eigenvalue weighted by Crippen LogP contribution is 2.18. The topological polar surface area (TPSA) is 72.9 Å². The lowest BCUT2D eigenvalue weighted by atomic mass is 10.2. The lowest BCUT2D eigenvalue weighted by Crippen LogP contribution is -2.18. The van der Waals surface area contributed by atoms with Gasteiger partial charge in [0.2, 0.25) is 0 Å². The number of carbonyl (C=O) groups excluding carboxylic acids is 1. The van der Waals surface area contributed by atoms with Crippen molar-refractivity contribution in [2.45, 2.75) is 6.92 Å². The molecular weight excluding hydrogens is 216 g/mol. The zero-order valence-corrected chi connectivity index (χ0v) is 9.77. The fraction of sp³-hybridized carbons (Fsp3) is 0.167. The second-order valence-electron chi connectivity index (χ2n) is 3.79. The number of nitrogen functional groups attached to an aromatic ring is 1. The first-order valence-corrected chi connectivity index (χ1v) is 5.26. The number of anilines is 1. The van der Waals surface area contributed by atoms with Gasteiger partial charge in [-0.1, -0.05) is 6.07 Å². The number of benzene rings is 1. The third-order valence-electron chi connectivity index (χ3n) is 2.48. The van der Waals surface area contributed by atoms with Gasteiger partial charge in [0.15, 0.2) is 5.69 Å². The predicted molar refractivity (Wildman–Crippen MR) is 66.1 cm³/mol. The number of hydrogen-bond donors (Lipinski definition) is 2. The summed E-state index contributed by atoms with van der Waals surface area (Å²) in [5.74, 6) is -0.213. The van der Waals surface area contributed by atoms with Crippen molar-refractivity contribution in [1.29, 1.82) is 0 Å². The van der Waals surface area contributed by atoms with Crippen molar-refractivity contribution in [3.8, 4) is 5.69 Å². The minimum atomic E-state index is -0.213. The van der Waals surface area contributed by atoms with Crippen LogP contribution in [0.4, 0.5) is 5.69 Å². The van der Waals surface area contributed by atoms with E-state index >= 15 is 0 Å². The number of carbonyl (C=O) groups is 1. The summed E-state index contributed by atoms with van der Waals surface area (Å²) in [7, 11) is 1.57. The molecule has 1 aromatic heterocycles. The van der Waals surface area contributed by atoms with Gasteiger partial charge >= 0.3 is 0 Å². The summed E-state index contributed by atoms with van der Waals surface area (Å²) >= 11 is 0. The number of hydrogen-bond acceptors (Lipinski definition) is 3. The van der Waals surface area contributed by atoms with E-state index < -0.39 is 0 Å². The van der Waals surface area contributed by atoms with Gasteiger partial charge in [0.1, 0.15) is 0 Å². The van der Waals surface area contributed by atoms with E-state index in [-0.39, 0.29) is 5.91 Å². The molecule has 1 aromatic carbocycles. The molecule has 88 valence electrons. The van der Waals surface area contributed by atoms with Crippen molar-refractivity contribution in [2.75, 3.05) is 12.8 Å². The van der Waals surface area contributed by atoms with Gasteiger partial charge in [-0.3, -0.25) is 4.79 Å². The fourth-order valence-electron chi connectivity index (χ4n) is 1.59. The van der Waals surface area contributed by atoms with Crippen LogP contribution in [0.25, 0.3) is 5.69 Å². The molecule has 0 bridgehead atoms. The smallest absolute Gasteiger partial charge is 0.271 e. The van der Waals surface area contributed by atoms with Crippen molar-refractivity contribution in [3.63, 3.8) is 0 Å². The molecule has 0 spiro atoms. The first-order valence-electron chi connectivity index (χ1n) is 5.26. The van der Waals surface area contributed by atoms with Crippen LogP contribution in [-0.2, 0) is 0 Å². The monoisotopic (exact) mass is 230 g/mol. The van der Waals surface area contributed by atoms with Crippen molar-refractivity contribution in [1.82, 2.24) is 15.1 Å². The highest BCUT2D eigenvalue weighted by molar-refractivity contribution is 5.91. The van der Waals surface area contributed by atoms with Gasteiger partial charge in [-0.05, 0) is 30.7 Å². The normalized spacial score (nSPS) is 10.2. The van der Waals surface area contributed by atoms with Crippen LogP contribution in [0.2, 0.25) is 0 Å². The van der Waals surface area contributed by atoms with Gasteiger partial charge in [0.05, 0.1) is 11.4 Å². The molecule has 0 atom stereocenters. The maximum absolute atomic E-state index is 11.4. The molecule has 3 N–H and O–H groups in total. The summed E-state index contributed by atoms with van der Waals surface area (Å²) in [6.07, 6.45) is 1.71. The average molecular weight is 230 g/mol. The Balaban J connectivity index is 2.40. The molecule has 0 fully saturated rings. The molecule has 0 aliphatic heterocycles. The molecule has 0 saturated carbocycles. The SMILES string of the molecule is CNC(=O)c1ccn(-c2ccc(C)cc2N)n1. The summed E-state index contributed by atoms with van der Waals surface area (Å²) in [5, 5.41) is 6.69. The molecule has 2 aromatic rings. The molecule has 0 unspecified atom stereocenters. The lowest BCUT2D eigenvalue weighted by molar-refractivity contribution is 0.0957. The number of nitrogens with one attached hydrogen (secondary N) is 1. The van der Waals surface area contributed by atoms with Crippen LogP contribution in [0.15, 0.2) is 30.5 Å². The molecule has 0 saturated heterocycles. The van der Waals surface area contributed by atoms with Crippen molar-refractivity contribution in [2.24, 2.45) is 0 Å². The largest absolute Gasteiger partial charge is 0.397 e. The van der Waals surface area contributed by atoms with E-state index in [9.17, 15) is 4.79 Å². The van der Waals surface area contributed by atoms with Crippen molar-refractivity contribution >= 4 is 11.6 Å². The standard InChI is InChI=1S/C12H14N4O/c1-8-3-4-11(9(13)7-8)16-6-5-10(15-16)12(17)14-2/h3-7H,13H2,1-2H3,(H,14,17). The summed E-state index contributed by atoms with van der Waals surface area (Å²) in [6.45, 7) is 1.97. The summed E-state index contributed by atoms with van der Waals surface area (Å²) < 4.78 is 1.60. The number of nitrogens with two attached hydrogens (primary N) is 1. The van der Waals surface area contributed by atoms with E-state index in [1.54, 1.807) is 24.0 Å². The van der Waals surface area contributed by atoms with Crippen LogP contribution in [0.5, 0.6) is 0 Å². The maximum atomic E-state index is 11.4. The first-order chi connectivity index (χ1) is 8.11. The van der Waals surface area contributed by atoms with Crippen molar-refractivity contribution < 1.29 is 4.79 Å². The van der Waals surface area contributed by atoms with Gasteiger partial charge in [0, 0.05) is 13.2 Å². The minimum Gasteiger partial charge on any atom is -0.397 e. The maximum Gasteiger partial charge on any atom is 0.271 e. The zero-order chi connectivity index (χ0) is 12.4. The molecule has 17 heavy (non-hydrogen) atoms. The molecule has 0 aliphatic rings. The van der Waals surface area contributed by atoms with Crippen LogP contribution in [-0.4, -0.2) is 22.7 Å². The lowest BCUT2D eigenvalue weighted by Gasteiger charge is -2.06. The Morgan fingerprint density at radius 3 is 2.82 bits per heavy atom. The second kappa shape index (κ2) is 4.29. The van der Waals surface area contributed by atoms with E-state index in [1.165, 1.54) is 0 Å². The summed E-state index contributed by atoms with van der Waals surface area (Å²) in [6, 6.07) is 7.35. The Bertz CT molecular complexity index is 559. The predicted octanol–water partition coefficient (Wildman–Crippen LogP) is 1.12. The van der Waals surface area contributed by atoms with E-state index in [0.29, 0.717) is 11.4 Å². The first kappa shape index (κ1) is 11.2. The highest BCUT2D eigenvalue weighted by Gasteiger charge is 2.09. The second-order valence-corrected chi connectivity index (χ2v) is 3.79. The van der Waals surface area contributed by atoms with Crippen LogP contribution < -0.4 is 11.1 Å². The van der Waals surface area contributed by atoms with Gasteiger partial charge in [-0.2, -0.15) is 5.10 Å². The van der Waals surface area contributed by atoms with E-state index in [0.717, 1.165) is 11.3 Å². The Morgan fingerprint density at radius 1 is 1.41 bits per heavy atom. The number of nitrogens with zero attached hydrogens (tertiary/aromatic N) is 2. The highest BCUT2D eigenvalue weighted by atomic mass is 16.1. The number of rotatable bonds is 2. The van der Waals surface area contributed by atoms with Gasteiger partial charge < -0.3 is 11.1 Å². The van der Waals surface area contributed by atoms with E-state index in [1.807, 2.05) is 25.1 Å². The third-order valence-corrected chi connectivity index (χ3v) is 2.48. The number of amides is 1. The number of aryl methyl sites for hydroxylation is 1. The minimum absolute atomic E-state index is 0.213. The zero-order valence-electron chi connectivity index (χ0n) is 9.77. The Kier molecular flexibility index (Phi) is 2.82. The Labute approximate surface area is 99.2 Å².